The summed E-state index contributed by atoms with van der Waals surface area (Å²) in [6.45, 7) is 0.188. The maximum Gasteiger partial charge on any atom is 0.242 e. The van der Waals surface area contributed by atoms with Crippen LogP contribution >= 0.6 is 23.2 Å². The number of aryl methyl sites for hydroxylation is 1. The number of ether oxygens (including phenoxy) is 1. The van der Waals surface area contributed by atoms with Crippen molar-refractivity contribution in [3.05, 3.63) is 46.3 Å². The van der Waals surface area contributed by atoms with Crippen molar-refractivity contribution in [2.75, 3.05) is 6.61 Å². The highest BCUT2D eigenvalue weighted by Crippen LogP contribution is 2.27. The first kappa shape index (κ1) is 14.1. The van der Waals surface area contributed by atoms with E-state index in [0.29, 0.717) is 10.8 Å². The standard InChI is InChI=1S/C13H12Cl2N2O2/c14-11-8-16-13(15)17-12(11)19-10-5-3-9(4-6-10)2-1-7-18/h3-6,8,18H,1-2,7H2. The molecule has 2 aromatic rings. The van der Waals surface area contributed by atoms with Gasteiger partial charge in [0.05, 0.1) is 6.20 Å². The molecule has 4 nitrogen and oxygen atoms in total. The maximum atomic E-state index is 8.77. The monoisotopic (exact) mass is 298 g/mol. The number of rotatable bonds is 5. The zero-order valence-electron chi connectivity index (χ0n) is 10.0. The minimum atomic E-state index is 0.0824. The lowest BCUT2D eigenvalue weighted by Gasteiger charge is -2.07. The lowest BCUT2D eigenvalue weighted by Crippen LogP contribution is -1.93. The van der Waals surface area contributed by atoms with Gasteiger partial charge < -0.3 is 9.84 Å². The van der Waals surface area contributed by atoms with E-state index in [2.05, 4.69) is 9.97 Å². The molecule has 0 saturated heterocycles. The minimum absolute atomic E-state index is 0.0824. The van der Waals surface area contributed by atoms with Crippen LogP contribution in [0.4, 0.5) is 0 Å². The quantitative estimate of drug-likeness (QED) is 0.858. The molecule has 0 fully saturated rings. The van der Waals surface area contributed by atoms with Crippen LogP contribution < -0.4 is 4.74 Å². The number of hydrogen-bond acceptors (Lipinski definition) is 4. The van der Waals surface area contributed by atoms with Crippen LogP contribution in [0.1, 0.15) is 12.0 Å². The van der Waals surface area contributed by atoms with Gasteiger partial charge in [0.15, 0.2) is 0 Å². The summed E-state index contributed by atoms with van der Waals surface area (Å²) >= 11 is 11.6. The molecule has 0 atom stereocenters. The Hall–Kier alpha value is -1.36. The van der Waals surface area contributed by atoms with Crippen LogP contribution in [-0.4, -0.2) is 21.7 Å². The molecular weight excluding hydrogens is 287 g/mol. The Morgan fingerprint density at radius 2 is 1.89 bits per heavy atom. The van der Waals surface area contributed by atoms with Crippen LogP contribution in [0.5, 0.6) is 11.6 Å². The molecule has 100 valence electrons. The van der Waals surface area contributed by atoms with Gasteiger partial charge in [0.2, 0.25) is 11.2 Å². The molecule has 19 heavy (non-hydrogen) atoms. The van der Waals surface area contributed by atoms with Gasteiger partial charge in [-0.15, -0.1) is 0 Å². The lowest BCUT2D eigenvalue weighted by molar-refractivity contribution is 0.288. The Kier molecular flexibility index (Phi) is 4.96. The van der Waals surface area contributed by atoms with E-state index in [1.807, 2.05) is 24.3 Å². The Morgan fingerprint density at radius 3 is 2.58 bits per heavy atom. The van der Waals surface area contributed by atoms with Gasteiger partial charge in [0, 0.05) is 6.61 Å². The summed E-state index contributed by atoms with van der Waals surface area (Å²) in [4.78, 5) is 7.65. The second-order valence-electron chi connectivity index (χ2n) is 3.87. The van der Waals surface area contributed by atoms with Crippen LogP contribution in [0.2, 0.25) is 10.3 Å². The molecule has 0 bridgehead atoms. The van der Waals surface area contributed by atoms with Crippen LogP contribution in [0.3, 0.4) is 0 Å². The van der Waals surface area contributed by atoms with E-state index in [-0.39, 0.29) is 17.8 Å². The van der Waals surface area contributed by atoms with Gasteiger partial charge in [0.25, 0.3) is 0 Å². The highest BCUT2D eigenvalue weighted by molar-refractivity contribution is 6.32. The molecule has 1 heterocycles. The van der Waals surface area contributed by atoms with Crippen molar-refractivity contribution in [3.8, 4) is 11.6 Å². The van der Waals surface area contributed by atoms with Gasteiger partial charge in [-0.25, -0.2) is 4.98 Å². The molecule has 0 unspecified atom stereocenters. The molecule has 0 spiro atoms. The Bertz CT molecular complexity index is 547. The fraction of sp³-hybridized carbons (Fsp3) is 0.231. The largest absolute Gasteiger partial charge is 0.437 e. The first-order valence-electron chi connectivity index (χ1n) is 5.75. The Morgan fingerprint density at radius 1 is 1.16 bits per heavy atom. The minimum Gasteiger partial charge on any atom is -0.437 e. The molecular formula is C13H12Cl2N2O2. The van der Waals surface area contributed by atoms with Crippen molar-refractivity contribution >= 4 is 23.2 Å². The molecule has 0 aliphatic heterocycles. The molecule has 6 heteroatoms. The van der Waals surface area contributed by atoms with Crippen molar-refractivity contribution < 1.29 is 9.84 Å². The van der Waals surface area contributed by atoms with Gasteiger partial charge in [0.1, 0.15) is 10.8 Å². The second-order valence-corrected chi connectivity index (χ2v) is 4.61. The van der Waals surface area contributed by atoms with E-state index in [9.17, 15) is 0 Å². The van der Waals surface area contributed by atoms with Crippen molar-refractivity contribution in [2.45, 2.75) is 12.8 Å². The molecule has 2 rings (SSSR count). The first-order valence-corrected chi connectivity index (χ1v) is 6.50. The lowest BCUT2D eigenvalue weighted by atomic mass is 10.1. The van der Waals surface area contributed by atoms with Gasteiger partial charge in [-0.2, -0.15) is 4.98 Å². The normalized spacial score (nSPS) is 10.5. The zero-order chi connectivity index (χ0) is 13.7. The number of aromatic nitrogens is 2. The van der Waals surface area contributed by atoms with E-state index in [1.165, 1.54) is 6.20 Å². The highest BCUT2D eigenvalue weighted by atomic mass is 35.5. The van der Waals surface area contributed by atoms with E-state index < -0.39 is 0 Å². The number of aliphatic hydroxyl groups is 1. The van der Waals surface area contributed by atoms with Gasteiger partial charge in [-0.05, 0) is 42.1 Å². The van der Waals surface area contributed by atoms with Crippen LogP contribution in [0.25, 0.3) is 0 Å². The van der Waals surface area contributed by atoms with Gasteiger partial charge >= 0.3 is 0 Å². The summed E-state index contributed by atoms with van der Waals surface area (Å²) in [5.41, 5.74) is 1.13. The first-order chi connectivity index (χ1) is 9.19. The van der Waals surface area contributed by atoms with E-state index >= 15 is 0 Å². The summed E-state index contributed by atoms with van der Waals surface area (Å²) in [5.74, 6) is 0.842. The second kappa shape index (κ2) is 6.70. The van der Waals surface area contributed by atoms with Crippen molar-refractivity contribution in [1.82, 2.24) is 9.97 Å². The summed E-state index contributed by atoms with van der Waals surface area (Å²) in [6, 6.07) is 7.50. The Balaban J connectivity index is 2.08. The molecule has 1 N–H and O–H groups in total. The predicted molar refractivity (Wildman–Crippen MR) is 74.0 cm³/mol. The fourth-order valence-electron chi connectivity index (χ4n) is 1.52. The topological polar surface area (TPSA) is 55.2 Å². The highest BCUT2D eigenvalue weighted by Gasteiger charge is 2.07. The average molecular weight is 299 g/mol. The predicted octanol–water partition coefficient (Wildman–Crippen LogP) is 3.50. The zero-order valence-corrected chi connectivity index (χ0v) is 11.5. The SMILES string of the molecule is OCCCc1ccc(Oc2nc(Cl)ncc2Cl)cc1. The van der Waals surface area contributed by atoms with Crippen LogP contribution in [0.15, 0.2) is 30.5 Å². The number of benzene rings is 1. The van der Waals surface area contributed by atoms with Crippen LogP contribution in [-0.2, 0) is 6.42 Å². The third-order valence-corrected chi connectivity index (χ3v) is 2.89. The molecule has 1 aromatic heterocycles. The van der Waals surface area contributed by atoms with Gasteiger partial charge in [-0.1, -0.05) is 23.7 Å². The van der Waals surface area contributed by atoms with Crippen molar-refractivity contribution in [3.63, 3.8) is 0 Å². The molecule has 0 saturated carbocycles. The van der Waals surface area contributed by atoms with Gasteiger partial charge in [-0.3, -0.25) is 0 Å². The van der Waals surface area contributed by atoms with Crippen molar-refractivity contribution in [2.24, 2.45) is 0 Å². The summed E-state index contributed by atoms with van der Waals surface area (Å²) < 4.78 is 5.53. The molecule has 1 aromatic carbocycles. The summed E-state index contributed by atoms with van der Waals surface area (Å²) in [5, 5.41) is 9.15. The summed E-state index contributed by atoms with van der Waals surface area (Å²) in [7, 11) is 0. The van der Waals surface area contributed by atoms with Crippen molar-refractivity contribution in [1.29, 1.82) is 0 Å². The molecule has 0 aliphatic carbocycles. The molecule has 0 radical (unpaired) electrons. The molecule has 0 amide bonds. The molecule has 0 aliphatic rings. The van der Waals surface area contributed by atoms with E-state index in [1.54, 1.807) is 0 Å². The number of aliphatic hydroxyl groups excluding tert-OH is 1. The van der Waals surface area contributed by atoms with E-state index in [4.69, 9.17) is 33.0 Å². The fourth-order valence-corrected chi connectivity index (χ4v) is 1.78. The number of nitrogens with zero attached hydrogens (tertiary/aromatic N) is 2. The average Bonchev–Trinajstić information content (AvgIpc) is 2.42. The maximum absolute atomic E-state index is 8.77. The number of hydrogen-bond donors (Lipinski definition) is 1. The third-order valence-electron chi connectivity index (χ3n) is 2.44. The number of halogens is 2. The van der Waals surface area contributed by atoms with E-state index in [0.717, 1.165) is 18.4 Å². The smallest absolute Gasteiger partial charge is 0.242 e. The third kappa shape index (κ3) is 4.06. The summed E-state index contributed by atoms with van der Waals surface area (Å²) in [6.07, 6.45) is 2.96. The Labute approximate surface area is 121 Å². The van der Waals surface area contributed by atoms with Crippen LogP contribution in [0, 0.1) is 0 Å².